The van der Waals surface area contributed by atoms with Crippen molar-refractivity contribution in [3.05, 3.63) is 52.6 Å². The van der Waals surface area contributed by atoms with Gasteiger partial charge in [0.05, 0.1) is 21.6 Å². The van der Waals surface area contributed by atoms with Crippen LogP contribution in [0.2, 0.25) is 0 Å². The monoisotopic (exact) mass is 410 g/mol. The smallest absolute Gasteiger partial charge is 0.270 e. The van der Waals surface area contributed by atoms with Crippen LogP contribution in [0.5, 0.6) is 0 Å². The molecule has 3 aromatic rings. The number of hydrogen-bond donors (Lipinski definition) is 1. The van der Waals surface area contributed by atoms with Crippen LogP contribution in [-0.2, 0) is 0 Å². The summed E-state index contributed by atoms with van der Waals surface area (Å²) in [6, 6.07) is 12.7. The zero-order chi connectivity index (χ0) is 17.8. The van der Waals surface area contributed by atoms with Gasteiger partial charge in [0.15, 0.2) is 0 Å². The number of pyridine rings is 1. The van der Waals surface area contributed by atoms with Gasteiger partial charge >= 0.3 is 0 Å². The van der Waals surface area contributed by atoms with Gasteiger partial charge in [-0.15, -0.1) is 24.8 Å². The van der Waals surface area contributed by atoms with Crippen LogP contribution in [0.3, 0.4) is 0 Å². The number of benzene rings is 2. The van der Waals surface area contributed by atoms with E-state index in [0.717, 1.165) is 53.4 Å². The summed E-state index contributed by atoms with van der Waals surface area (Å²) in [4.78, 5) is 17.6. The lowest BCUT2D eigenvalue weighted by molar-refractivity contribution is -0.384. The van der Waals surface area contributed by atoms with Crippen molar-refractivity contribution >= 4 is 58.0 Å². The van der Waals surface area contributed by atoms with Crippen molar-refractivity contribution in [2.45, 2.75) is 12.8 Å². The summed E-state index contributed by atoms with van der Waals surface area (Å²) in [6.07, 6.45) is 2.13. The highest BCUT2D eigenvalue weighted by molar-refractivity contribution is 6.07. The van der Waals surface area contributed by atoms with Crippen LogP contribution in [0.1, 0.15) is 12.8 Å². The average Bonchev–Trinajstić information content (AvgIpc) is 2.59. The normalized spacial score (nSPS) is 10.5. The summed E-state index contributed by atoms with van der Waals surface area (Å²) in [5.74, 6) is 0. The zero-order valence-corrected chi connectivity index (χ0v) is 17.0. The lowest BCUT2D eigenvalue weighted by Crippen LogP contribution is -2.14. The lowest BCUT2D eigenvalue weighted by atomic mass is 10.1. The summed E-state index contributed by atoms with van der Waals surface area (Å²) in [5.41, 5.74) is 2.66. The quantitative estimate of drug-likeness (QED) is 0.259. The van der Waals surface area contributed by atoms with Crippen LogP contribution in [0.4, 0.5) is 11.4 Å². The standard InChI is InChI=1S/C19H22N4O2.2ClH/c1-22(2)12-6-5-11-20-19-15-7-3-4-8-17(15)21-18-10-9-14(23(24)25)13-16(18)19;;/h3-4,7-10,13H,5-6,11-12H2,1-2H3,(H,20,21);2*1H. The van der Waals surface area contributed by atoms with Crippen LogP contribution in [-0.4, -0.2) is 42.0 Å². The molecule has 0 bridgehead atoms. The van der Waals surface area contributed by atoms with Crippen molar-refractivity contribution < 1.29 is 4.92 Å². The molecule has 0 aliphatic heterocycles. The number of nitrogens with zero attached hydrogens (tertiary/aromatic N) is 3. The molecule has 0 aliphatic carbocycles. The summed E-state index contributed by atoms with van der Waals surface area (Å²) in [5, 5.41) is 16.4. The van der Waals surface area contributed by atoms with Crippen molar-refractivity contribution in [2.24, 2.45) is 0 Å². The Bertz CT molecular complexity index is 919. The van der Waals surface area contributed by atoms with Crippen molar-refractivity contribution in [1.29, 1.82) is 0 Å². The van der Waals surface area contributed by atoms with Gasteiger partial charge in [0.25, 0.3) is 5.69 Å². The number of unbranched alkanes of at least 4 members (excludes halogenated alkanes) is 1. The molecule has 0 spiro atoms. The molecular formula is C19H24Cl2N4O2. The van der Waals surface area contributed by atoms with Gasteiger partial charge in [0.2, 0.25) is 0 Å². The molecule has 1 aromatic heterocycles. The summed E-state index contributed by atoms with van der Waals surface area (Å²) < 4.78 is 0. The van der Waals surface area contributed by atoms with E-state index in [1.165, 1.54) is 6.07 Å². The van der Waals surface area contributed by atoms with Crippen LogP contribution in [0, 0.1) is 10.1 Å². The first-order valence-electron chi connectivity index (χ1n) is 8.42. The number of aromatic nitrogens is 1. The second-order valence-electron chi connectivity index (χ2n) is 6.40. The van der Waals surface area contributed by atoms with Gasteiger partial charge in [-0.25, -0.2) is 4.98 Å². The molecule has 0 radical (unpaired) electrons. The molecule has 2 aromatic carbocycles. The van der Waals surface area contributed by atoms with E-state index >= 15 is 0 Å². The van der Waals surface area contributed by atoms with Gasteiger partial charge < -0.3 is 10.2 Å². The summed E-state index contributed by atoms with van der Waals surface area (Å²) in [7, 11) is 4.13. The van der Waals surface area contributed by atoms with E-state index in [2.05, 4.69) is 29.3 Å². The molecule has 1 N–H and O–H groups in total. The maximum Gasteiger partial charge on any atom is 0.270 e. The molecule has 0 atom stereocenters. The second kappa shape index (κ2) is 10.3. The fourth-order valence-electron chi connectivity index (χ4n) is 2.95. The molecular weight excluding hydrogens is 387 g/mol. The average molecular weight is 411 g/mol. The van der Waals surface area contributed by atoms with Gasteiger partial charge in [-0.1, -0.05) is 18.2 Å². The Morgan fingerprint density at radius 2 is 1.74 bits per heavy atom. The van der Waals surface area contributed by atoms with Crippen molar-refractivity contribution in [2.75, 3.05) is 32.5 Å². The van der Waals surface area contributed by atoms with E-state index < -0.39 is 0 Å². The molecule has 146 valence electrons. The van der Waals surface area contributed by atoms with E-state index in [4.69, 9.17) is 0 Å². The van der Waals surface area contributed by atoms with Gasteiger partial charge in [-0.2, -0.15) is 0 Å². The number of fused-ring (bicyclic) bond motifs is 2. The molecule has 0 fully saturated rings. The number of rotatable bonds is 7. The third-order valence-electron chi connectivity index (χ3n) is 4.21. The minimum atomic E-state index is -0.366. The van der Waals surface area contributed by atoms with Crippen molar-refractivity contribution in [3.63, 3.8) is 0 Å². The van der Waals surface area contributed by atoms with Crippen LogP contribution >= 0.6 is 24.8 Å². The third-order valence-corrected chi connectivity index (χ3v) is 4.21. The number of hydrogen-bond acceptors (Lipinski definition) is 5. The molecule has 0 aliphatic rings. The van der Waals surface area contributed by atoms with Crippen molar-refractivity contribution in [3.8, 4) is 0 Å². The van der Waals surface area contributed by atoms with E-state index in [9.17, 15) is 10.1 Å². The number of nitro groups is 1. The predicted octanol–water partition coefficient (Wildman–Crippen LogP) is 4.89. The zero-order valence-electron chi connectivity index (χ0n) is 15.3. The minimum absolute atomic E-state index is 0. The number of para-hydroxylation sites is 1. The van der Waals surface area contributed by atoms with E-state index in [0.29, 0.717) is 0 Å². The lowest BCUT2D eigenvalue weighted by Gasteiger charge is -2.14. The maximum absolute atomic E-state index is 11.1. The predicted molar refractivity (Wildman–Crippen MR) is 117 cm³/mol. The Morgan fingerprint density at radius 1 is 1.04 bits per heavy atom. The first kappa shape index (κ1) is 22.9. The van der Waals surface area contributed by atoms with E-state index in [1.54, 1.807) is 12.1 Å². The van der Waals surface area contributed by atoms with E-state index in [1.807, 2.05) is 24.3 Å². The Labute approximate surface area is 170 Å². The fraction of sp³-hybridized carbons (Fsp3) is 0.316. The Balaban J connectivity index is 0.00000182. The highest BCUT2D eigenvalue weighted by Crippen LogP contribution is 2.32. The number of anilines is 1. The molecule has 27 heavy (non-hydrogen) atoms. The van der Waals surface area contributed by atoms with Crippen LogP contribution in [0.25, 0.3) is 21.8 Å². The molecule has 1 heterocycles. The van der Waals surface area contributed by atoms with Gasteiger partial charge in [-0.05, 0) is 45.6 Å². The number of nitrogens with one attached hydrogen (secondary N) is 1. The summed E-state index contributed by atoms with van der Waals surface area (Å²) >= 11 is 0. The van der Waals surface area contributed by atoms with Crippen LogP contribution in [0.15, 0.2) is 42.5 Å². The fourth-order valence-corrected chi connectivity index (χ4v) is 2.95. The molecule has 3 rings (SSSR count). The molecule has 6 nitrogen and oxygen atoms in total. The molecule has 0 amide bonds. The highest BCUT2D eigenvalue weighted by Gasteiger charge is 2.13. The third kappa shape index (κ3) is 5.42. The molecule has 0 saturated heterocycles. The minimum Gasteiger partial charge on any atom is -0.384 e. The maximum atomic E-state index is 11.1. The van der Waals surface area contributed by atoms with Crippen LogP contribution < -0.4 is 5.32 Å². The molecule has 0 unspecified atom stereocenters. The van der Waals surface area contributed by atoms with Gasteiger partial charge in [-0.3, -0.25) is 10.1 Å². The molecule has 8 heteroatoms. The Morgan fingerprint density at radius 3 is 2.44 bits per heavy atom. The number of nitro benzene ring substituents is 1. The SMILES string of the molecule is CN(C)CCCCNc1c2ccccc2nc2ccc([N+](=O)[O-])cc12.Cl.Cl. The Hall–Kier alpha value is -2.15. The van der Waals surface area contributed by atoms with E-state index in [-0.39, 0.29) is 35.4 Å². The highest BCUT2D eigenvalue weighted by atomic mass is 35.5. The topological polar surface area (TPSA) is 71.3 Å². The van der Waals surface area contributed by atoms with Crippen molar-refractivity contribution in [1.82, 2.24) is 9.88 Å². The largest absolute Gasteiger partial charge is 0.384 e. The van der Waals surface area contributed by atoms with Gasteiger partial charge in [0.1, 0.15) is 0 Å². The Kier molecular flexibility index (Phi) is 8.69. The molecule has 0 saturated carbocycles. The first-order chi connectivity index (χ1) is 12.1. The second-order valence-corrected chi connectivity index (χ2v) is 6.40. The first-order valence-corrected chi connectivity index (χ1v) is 8.42. The number of non-ortho nitro benzene ring substituents is 1. The number of halogens is 2. The summed E-state index contributed by atoms with van der Waals surface area (Å²) in [6.45, 7) is 1.87. The van der Waals surface area contributed by atoms with Gasteiger partial charge in [0, 0.05) is 29.4 Å².